The fraction of sp³-hybridized carbons (Fsp3) is 0.364. The Morgan fingerprint density at radius 1 is 1.61 bits per heavy atom. The molecule has 1 atom stereocenters. The summed E-state index contributed by atoms with van der Waals surface area (Å²) in [6.45, 7) is 1.65. The van der Waals surface area contributed by atoms with E-state index in [1.54, 1.807) is 6.92 Å². The lowest BCUT2D eigenvalue weighted by atomic mass is 10.1. The van der Waals surface area contributed by atoms with Crippen molar-refractivity contribution in [2.45, 2.75) is 13.0 Å². The molecule has 0 saturated carbocycles. The van der Waals surface area contributed by atoms with Crippen LogP contribution in [0.5, 0.6) is 11.5 Å². The molecule has 0 bridgehead atoms. The molecule has 0 spiro atoms. The van der Waals surface area contributed by atoms with Crippen LogP contribution in [0, 0.1) is 5.82 Å². The van der Waals surface area contributed by atoms with Gasteiger partial charge in [-0.15, -0.1) is 0 Å². The number of esters is 1. The summed E-state index contributed by atoms with van der Waals surface area (Å²) in [6.07, 6.45) is -1.71. The second-order valence-corrected chi connectivity index (χ2v) is 4.15. The van der Waals surface area contributed by atoms with Gasteiger partial charge in [-0.1, -0.05) is 0 Å². The van der Waals surface area contributed by atoms with Gasteiger partial charge in [0.25, 0.3) is 0 Å². The molecule has 1 aromatic rings. The number of halogens is 2. The average Bonchev–Trinajstić information content (AvgIpc) is 2.34. The lowest BCUT2D eigenvalue weighted by Gasteiger charge is -2.15. The highest BCUT2D eigenvalue weighted by Gasteiger charge is 2.27. The molecule has 2 N–H and O–H groups in total. The fourth-order valence-electron chi connectivity index (χ4n) is 1.35. The molecule has 0 aliphatic heterocycles. The Hall–Kier alpha value is -1.34. The van der Waals surface area contributed by atoms with Gasteiger partial charge in [0.1, 0.15) is 0 Å². The van der Waals surface area contributed by atoms with Crippen LogP contribution in [0.2, 0.25) is 0 Å². The smallest absolute Gasteiger partial charge is 0.339 e. The second kappa shape index (κ2) is 6.01. The summed E-state index contributed by atoms with van der Waals surface area (Å²) >= 11 is 2.90. The minimum Gasteiger partial charge on any atom is -0.504 e. The van der Waals surface area contributed by atoms with Crippen LogP contribution >= 0.6 is 15.9 Å². The first-order valence-corrected chi connectivity index (χ1v) is 5.82. The number of benzene rings is 1. The predicted octanol–water partition coefficient (Wildman–Crippen LogP) is 1.90. The maximum absolute atomic E-state index is 13.5. The fourth-order valence-corrected chi connectivity index (χ4v) is 1.78. The van der Waals surface area contributed by atoms with Gasteiger partial charge in [-0.2, -0.15) is 0 Å². The number of aliphatic hydroxyl groups excluding tert-OH is 1. The highest BCUT2D eigenvalue weighted by atomic mass is 79.9. The highest BCUT2D eigenvalue weighted by Crippen LogP contribution is 2.40. The van der Waals surface area contributed by atoms with Crippen molar-refractivity contribution in [3.8, 4) is 11.5 Å². The molecule has 0 radical (unpaired) electrons. The lowest BCUT2D eigenvalue weighted by molar-refractivity contribution is -0.153. The number of aliphatic hydroxyl groups is 1. The Kier molecular flexibility index (Phi) is 4.92. The molecule has 0 fully saturated rings. The van der Waals surface area contributed by atoms with Crippen LogP contribution in [-0.4, -0.2) is 29.9 Å². The van der Waals surface area contributed by atoms with Gasteiger partial charge in [0.2, 0.25) is 0 Å². The Labute approximate surface area is 111 Å². The molecule has 1 rings (SSSR count). The van der Waals surface area contributed by atoms with E-state index >= 15 is 0 Å². The van der Waals surface area contributed by atoms with E-state index < -0.39 is 29.4 Å². The van der Waals surface area contributed by atoms with Gasteiger partial charge in [0, 0.05) is 5.56 Å². The summed E-state index contributed by atoms with van der Waals surface area (Å²) in [6, 6.07) is 1.09. The van der Waals surface area contributed by atoms with Gasteiger partial charge in [-0.05, 0) is 28.9 Å². The number of carbonyl (C=O) groups excluding carboxylic acids is 1. The molecule has 0 heterocycles. The van der Waals surface area contributed by atoms with Crippen LogP contribution in [0.25, 0.3) is 0 Å². The van der Waals surface area contributed by atoms with E-state index in [2.05, 4.69) is 25.4 Å². The summed E-state index contributed by atoms with van der Waals surface area (Å²) in [5.74, 6) is -2.86. The molecular weight excluding hydrogens is 311 g/mol. The van der Waals surface area contributed by atoms with Gasteiger partial charge < -0.3 is 19.7 Å². The maximum atomic E-state index is 13.5. The average molecular weight is 323 g/mol. The van der Waals surface area contributed by atoms with Crippen LogP contribution in [-0.2, 0) is 9.53 Å². The SMILES string of the molecule is CCOC(=O)C(O)c1cc(Br)c(F)c(OC)c1O. The first-order chi connectivity index (χ1) is 8.43. The van der Waals surface area contributed by atoms with Crippen molar-refractivity contribution in [2.75, 3.05) is 13.7 Å². The van der Waals surface area contributed by atoms with Crippen LogP contribution in [0.15, 0.2) is 10.5 Å². The third kappa shape index (κ3) is 2.73. The van der Waals surface area contributed by atoms with E-state index in [4.69, 9.17) is 0 Å². The summed E-state index contributed by atoms with van der Waals surface area (Å²) in [4.78, 5) is 11.4. The summed E-state index contributed by atoms with van der Waals surface area (Å²) < 4.78 is 22.8. The van der Waals surface area contributed by atoms with Gasteiger partial charge in [-0.3, -0.25) is 0 Å². The van der Waals surface area contributed by atoms with Crippen LogP contribution < -0.4 is 4.74 Å². The molecular formula is C11H12BrFO5. The molecule has 7 heteroatoms. The summed E-state index contributed by atoms with van der Waals surface area (Å²) in [5, 5.41) is 19.4. The van der Waals surface area contributed by atoms with E-state index in [1.165, 1.54) is 0 Å². The van der Waals surface area contributed by atoms with Crippen molar-refractivity contribution in [3.05, 3.63) is 21.9 Å². The van der Waals surface area contributed by atoms with Crippen LogP contribution in [0.4, 0.5) is 4.39 Å². The largest absolute Gasteiger partial charge is 0.504 e. The van der Waals surface area contributed by atoms with Gasteiger partial charge >= 0.3 is 5.97 Å². The third-order valence-electron chi connectivity index (χ3n) is 2.19. The minimum atomic E-state index is -1.71. The Morgan fingerprint density at radius 2 is 2.22 bits per heavy atom. The van der Waals surface area contributed by atoms with E-state index in [9.17, 15) is 19.4 Å². The number of phenolic OH excluding ortho intramolecular Hbond substituents is 1. The highest BCUT2D eigenvalue weighted by molar-refractivity contribution is 9.10. The molecule has 1 unspecified atom stereocenters. The molecule has 0 amide bonds. The summed E-state index contributed by atoms with van der Waals surface area (Å²) in [7, 11) is 1.16. The second-order valence-electron chi connectivity index (χ2n) is 3.30. The molecule has 18 heavy (non-hydrogen) atoms. The number of hydrogen-bond donors (Lipinski definition) is 2. The molecule has 0 saturated heterocycles. The van der Waals surface area contributed by atoms with Gasteiger partial charge in [0.05, 0.1) is 18.2 Å². The monoisotopic (exact) mass is 322 g/mol. The zero-order valence-corrected chi connectivity index (χ0v) is 11.3. The molecule has 100 valence electrons. The van der Waals surface area contributed by atoms with Crippen molar-refractivity contribution in [1.29, 1.82) is 0 Å². The molecule has 0 aromatic heterocycles. The number of methoxy groups -OCH3 is 1. The van der Waals surface area contributed by atoms with E-state index in [0.29, 0.717) is 0 Å². The zero-order chi connectivity index (χ0) is 13.9. The number of rotatable bonds is 4. The van der Waals surface area contributed by atoms with Crippen molar-refractivity contribution in [3.63, 3.8) is 0 Å². The zero-order valence-electron chi connectivity index (χ0n) is 9.74. The number of phenols is 1. The minimum absolute atomic E-state index is 0.0458. The van der Waals surface area contributed by atoms with Crippen LogP contribution in [0.1, 0.15) is 18.6 Å². The normalized spacial score (nSPS) is 12.1. The van der Waals surface area contributed by atoms with Crippen molar-refractivity contribution >= 4 is 21.9 Å². The molecule has 0 aliphatic rings. The lowest BCUT2D eigenvalue weighted by Crippen LogP contribution is -2.16. The topological polar surface area (TPSA) is 76.0 Å². The van der Waals surface area contributed by atoms with Crippen molar-refractivity contribution in [1.82, 2.24) is 0 Å². The standard InChI is InChI=1S/C11H12BrFO5/c1-3-18-11(16)9(15)5-4-6(12)7(13)10(17-2)8(5)14/h4,9,14-15H,3H2,1-2H3. The third-order valence-corrected chi connectivity index (χ3v) is 2.77. The molecule has 5 nitrogen and oxygen atoms in total. The van der Waals surface area contributed by atoms with Crippen LogP contribution in [0.3, 0.4) is 0 Å². The molecule has 0 aliphatic carbocycles. The Bertz CT molecular complexity index is 463. The van der Waals surface area contributed by atoms with Gasteiger partial charge in [-0.25, -0.2) is 9.18 Å². The van der Waals surface area contributed by atoms with E-state index in [1.807, 2.05) is 0 Å². The Morgan fingerprint density at radius 3 is 2.72 bits per heavy atom. The first kappa shape index (κ1) is 14.7. The van der Waals surface area contributed by atoms with E-state index in [-0.39, 0.29) is 16.6 Å². The number of aromatic hydroxyl groups is 1. The summed E-state index contributed by atoms with van der Waals surface area (Å²) in [5.41, 5.74) is -0.196. The maximum Gasteiger partial charge on any atom is 0.339 e. The number of carbonyl (C=O) groups is 1. The van der Waals surface area contributed by atoms with E-state index in [0.717, 1.165) is 13.2 Å². The van der Waals surface area contributed by atoms with Crippen molar-refractivity contribution in [2.24, 2.45) is 0 Å². The Balaban J connectivity index is 3.25. The number of hydrogen-bond acceptors (Lipinski definition) is 5. The van der Waals surface area contributed by atoms with Gasteiger partial charge in [0.15, 0.2) is 23.4 Å². The number of ether oxygens (including phenoxy) is 2. The first-order valence-electron chi connectivity index (χ1n) is 5.03. The van der Waals surface area contributed by atoms with Crippen molar-refractivity contribution < 1.29 is 28.9 Å². The quantitative estimate of drug-likeness (QED) is 0.828. The molecule has 1 aromatic carbocycles. The predicted molar refractivity (Wildman–Crippen MR) is 63.9 cm³/mol.